The molecule has 1 aliphatic carbocycles. The molecule has 0 aliphatic heterocycles. The number of ether oxygens (including phenoxy) is 1. The molecule has 1 saturated carbocycles. The summed E-state index contributed by atoms with van der Waals surface area (Å²) in [6.45, 7) is 0.512. The van der Waals surface area contributed by atoms with Crippen molar-refractivity contribution in [1.82, 2.24) is 0 Å². The zero-order valence-corrected chi connectivity index (χ0v) is 9.84. The molecule has 2 rings (SSSR count). The molecule has 0 amide bonds. The molecule has 0 unspecified atom stereocenters. The summed E-state index contributed by atoms with van der Waals surface area (Å²) in [6.07, 6.45) is 2.13. The van der Waals surface area contributed by atoms with Crippen LogP contribution in [0.1, 0.15) is 18.4 Å². The lowest BCUT2D eigenvalue weighted by Crippen LogP contribution is -2.41. The van der Waals surface area contributed by atoms with E-state index in [2.05, 4.69) is 15.9 Å². The molecule has 4 heteroatoms. The van der Waals surface area contributed by atoms with Crippen LogP contribution in [0.3, 0.4) is 0 Å². The first-order chi connectivity index (χ1) is 7.15. The van der Waals surface area contributed by atoms with Gasteiger partial charge < -0.3 is 10.5 Å². The second-order valence-electron chi connectivity index (χ2n) is 3.90. The second-order valence-corrected chi connectivity index (χ2v) is 4.75. The van der Waals surface area contributed by atoms with Crippen molar-refractivity contribution in [3.8, 4) is 0 Å². The van der Waals surface area contributed by atoms with Crippen molar-refractivity contribution in [3.05, 3.63) is 34.1 Å². The third-order valence-electron chi connectivity index (χ3n) is 2.62. The summed E-state index contributed by atoms with van der Waals surface area (Å²) in [4.78, 5) is 0. The quantitative estimate of drug-likeness (QED) is 0.919. The summed E-state index contributed by atoms with van der Waals surface area (Å²) in [5, 5.41) is 0. The minimum atomic E-state index is -0.240. The third kappa shape index (κ3) is 2.77. The maximum atomic E-state index is 12.8. The van der Waals surface area contributed by atoms with Gasteiger partial charge in [-0.05, 0) is 30.5 Å². The van der Waals surface area contributed by atoms with E-state index in [1.807, 2.05) is 0 Å². The summed E-state index contributed by atoms with van der Waals surface area (Å²) < 4.78 is 19.2. The highest BCUT2D eigenvalue weighted by Gasteiger charge is 2.26. The third-order valence-corrected chi connectivity index (χ3v) is 3.36. The van der Waals surface area contributed by atoms with Crippen molar-refractivity contribution in [2.45, 2.75) is 31.6 Å². The van der Waals surface area contributed by atoms with Gasteiger partial charge in [0.15, 0.2) is 0 Å². The van der Waals surface area contributed by atoms with E-state index in [-0.39, 0.29) is 11.9 Å². The van der Waals surface area contributed by atoms with Crippen LogP contribution in [-0.4, -0.2) is 12.1 Å². The van der Waals surface area contributed by atoms with Crippen LogP contribution < -0.4 is 5.73 Å². The normalized spacial score (nSPS) is 25.0. The van der Waals surface area contributed by atoms with Gasteiger partial charge in [0.1, 0.15) is 5.82 Å². The fourth-order valence-corrected chi connectivity index (χ4v) is 2.05. The van der Waals surface area contributed by atoms with Crippen molar-refractivity contribution in [3.63, 3.8) is 0 Å². The Balaban J connectivity index is 1.88. The summed E-state index contributed by atoms with van der Waals surface area (Å²) in [7, 11) is 0. The first kappa shape index (κ1) is 11.0. The van der Waals surface area contributed by atoms with Crippen LogP contribution in [0, 0.1) is 5.82 Å². The monoisotopic (exact) mass is 273 g/mol. The predicted molar refractivity (Wildman–Crippen MR) is 59.9 cm³/mol. The van der Waals surface area contributed by atoms with Crippen molar-refractivity contribution in [2.75, 3.05) is 0 Å². The van der Waals surface area contributed by atoms with E-state index in [0.717, 1.165) is 22.9 Å². The second kappa shape index (κ2) is 4.60. The van der Waals surface area contributed by atoms with Crippen LogP contribution in [0.4, 0.5) is 4.39 Å². The Morgan fingerprint density at radius 2 is 2.20 bits per heavy atom. The molecule has 0 atom stereocenters. The Morgan fingerprint density at radius 3 is 2.80 bits per heavy atom. The minimum absolute atomic E-state index is 0.240. The van der Waals surface area contributed by atoms with Gasteiger partial charge in [0.2, 0.25) is 0 Å². The molecule has 0 aromatic heterocycles. The molecule has 15 heavy (non-hydrogen) atoms. The zero-order valence-electron chi connectivity index (χ0n) is 8.25. The fraction of sp³-hybridized carbons (Fsp3) is 0.455. The highest BCUT2D eigenvalue weighted by atomic mass is 79.9. The molecule has 0 bridgehead atoms. The summed E-state index contributed by atoms with van der Waals surface area (Å²) in [5.41, 5.74) is 6.62. The van der Waals surface area contributed by atoms with E-state index >= 15 is 0 Å². The number of rotatable bonds is 3. The van der Waals surface area contributed by atoms with Gasteiger partial charge in [-0.2, -0.15) is 0 Å². The number of hydrogen-bond donors (Lipinski definition) is 1. The average Bonchev–Trinajstić information content (AvgIpc) is 2.13. The molecule has 0 spiro atoms. The van der Waals surface area contributed by atoms with Crippen LogP contribution in [0.2, 0.25) is 0 Å². The van der Waals surface area contributed by atoms with Gasteiger partial charge in [0, 0.05) is 10.5 Å². The lowest BCUT2D eigenvalue weighted by molar-refractivity contribution is -0.0190. The maximum Gasteiger partial charge on any atom is 0.124 e. The Bertz CT molecular complexity index is 352. The molecule has 82 valence electrons. The highest BCUT2D eigenvalue weighted by molar-refractivity contribution is 9.10. The zero-order chi connectivity index (χ0) is 10.8. The Morgan fingerprint density at radius 1 is 1.47 bits per heavy atom. The van der Waals surface area contributed by atoms with Crippen molar-refractivity contribution in [1.29, 1.82) is 0 Å². The van der Waals surface area contributed by atoms with Crippen LogP contribution >= 0.6 is 15.9 Å². The van der Waals surface area contributed by atoms with Crippen LogP contribution in [0.5, 0.6) is 0 Å². The number of benzene rings is 1. The first-order valence-electron chi connectivity index (χ1n) is 4.96. The molecule has 2 nitrogen and oxygen atoms in total. The summed E-state index contributed by atoms with van der Waals surface area (Å²) >= 11 is 3.30. The van der Waals surface area contributed by atoms with Crippen LogP contribution in [0.15, 0.2) is 22.7 Å². The molecule has 0 saturated heterocycles. The van der Waals surface area contributed by atoms with Gasteiger partial charge in [-0.25, -0.2) is 4.39 Å². The molecule has 0 heterocycles. The average molecular weight is 274 g/mol. The van der Waals surface area contributed by atoms with E-state index in [0.29, 0.717) is 12.6 Å². The highest BCUT2D eigenvalue weighted by Crippen LogP contribution is 2.25. The maximum absolute atomic E-state index is 12.8. The minimum Gasteiger partial charge on any atom is -0.373 e. The van der Waals surface area contributed by atoms with Crippen molar-refractivity contribution >= 4 is 15.9 Å². The molecule has 1 aromatic carbocycles. The molecule has 1 fully saturated rings. The van der Waals surface area contributed by atoms with E-state index in [4.69, 9.17) is 10.5 Å². The number of nitrogens with two attached hydrogens (primary N) is 1. The summed E-state index contributed by atoms with van der Waals surface area (Å²) in [6, 6.07) is 4.92. The SMILES string of the molecule is NC1CC(OCc2ccc(F)cc2Br)C1. The molecular formula is C11H13BrFNO. The molecular weight excluding hydrogens is 261 g/mol. The van der Waals surface area contributed by atoms with Gasteiger partial charge in [0.25, 0.3) is 0 Å². The van der Waals surface area contributed by atoms with Gasteiger partial charge in [-0.1, -0.05) is 22.0 Å². The topological polar surface area (TPSA) is 35.2 Å². The van der Waals surface area contributed by atoms with E-state index < -0.39 is 0 Å². The van der Waals surface area contributed by atoms with E-state index in [1.165, 1.54) is 12.1 Å². The van der Waals surface area contributed by atoms with Gasteiger partial charge in [-0.15, -0.1) is 0 Å². The van der Waals surface area contributed by atoms with Crippen molar-refractivity contribution in [2.24, 2.45) is 5.73 Å². The molecule has 2 N–H and O–H groups in total. The smallest absolute Gasteiger partial charge is 0.124 e. The van der Waals surface area contributed by atoms with Crippen molar-refractivity contribution < 1.29 is 9.13 Å². The molecule has 1 aromatic rings. The first-order valence-corrected chi connectivity index (χ1v) is 5.75. The Hall–Kier alpha value is -0.450. The van der Waals surface area contributed by atoms with Crippen LogP contribution in [-0.2, 0) is 11.3 Å². The van der Waals surface area contributed by atoms with Gasteiger partial charge in [0.05, 0.1) is 12.7 Å². The Labute approximate surface area is 96.7 Å². The predicted octanol–water partition coefficient (Wildman–Crippen LogP) is 2.59. The van der Waals surface area contributed by atoms with Gasteiger partial charge >= 0.3 is 0 Å². The Kier molecular flexibility index (Phi) is 3.38. The van der Waals surface area contributed by atoms with E-state index in [1.54, 1.807) is 6.07 Å². The summed E-state index contributed by atoms with van der Waals surface area (Å²) in [5.74, 6) is -0.240. The lowest BCUT2D eigenvalue weighted by atomic mass is 9.90. The lowest BCUT2D eigenvalue weighted by Gasteiger charge is -2.32. The largest absolute Gasteiger partial charge is 0.373 e. The van der Waals surface area contributed by atoms with Crippen LogP contribution in [0.25, 0.3) is 0 Å². The molecule has 0 radical (unpaired) electrons. The fourth-order valence-electron chi connectivity index (χ4n) is 1.59. The standard InChI is InChI=1S/C11H13BrFNO/c12-11-3-8(13)2-1-7(11)6-15-10-4-9(14)5-10/h1-3,9-10H,4-6,14H2. The van der Waals surface area contributed by atoms with Gasteiger partial charge in [-0.3, -0.25) is 0 Å². The van der Waals surface area contributed by atoms with E-state index in [9.17, 15) is 4.39 Å². The number of halogens is 2. The molecule has 1 aliphatic rings. The number of hydrogen-bond acceptors (Lipinski definition) is 2.